The Hall–Kier alpha value is -3.33. The van der Waals surface area contributed by atoms with Gasteiger partial charge in [0.15, 0.2) is 0 Å². The predicted octanol–water partition coefficient (Wildman–Crippen LogP) is 3.10. The van der Waals surface area contributed by atoms with Crippen LogP contribution in [-0.4, -0.2) is 47.0 Å². The number of carbonyl (C=O) groups excluding carboxylic acids is 2. The highest BCUT2D eigenvalue weighted by atomic mass is 32.2. The summed E-state index contributed by atoms with van der Waals surface area (Å²) in [6.45, 7) is 0. The largest absolute Gasteiger partial charge is 0.497 e. The van der Waals surface area contributed by atoms with E-state index in [1.807, 2.05) is 0 Å². The fraction of sp³-hybridized carbons (Fsp3) is 0.158. The normalized spacial score (nSPS) is 13.0. The highest BCUT2D eigenvalue weighted by Gasteiger charge is 2.35. The number of ether oxygens (including phenoxy) is 2. The number of aromatic nitrogens is 2. The van der Waals surface area contributed by atoms with Crippen molar-refractivity contribution in [1.29, 1.82) is 0 Å². The Morgan fingerprint density at radius 3 is 2.14 bits per heavy atom. The minimum atomic E-state index is -0.328. The molecule has 1 aliphatic rings. The average Bonchev–Trinajstić information content (AvgIpc) is 3.30. The van der Waals surface area contributed by atoms with Gasteiger partial charge < -0.3 is 13.9 Å². The van der Waals surface area contributed by atoms with Crippen molar-refractivity contribution in [3.05, 3.63) is 53.6 Å². The molecule has 1 aromatic heterocycles. The number of amides is 2. The van der Waals surface area contributed by atoms with E-state index in [0.29, 0.717) is 28.2 Å². The Morgan fingerprint density at radius 1 is 0.964 bits per heavy atom. The number of benzene rings is 2. The Balaban J connectivity index is 1.49. The van der Waals surface area contributed by atoms with Gasteiger partial charge in [-0.05, 0) is 36.0 Å². The second kappa shape index (κ2) is 7.35. The van der Waals surface area contributed by atoms with Crippen LogP contribution in [0.15, 0.2) is 52.1 Å². The predicted molar refractivity (Wildman–Crippen MR) is 101 cm³/mol. The average molecular weight is 397 g/mol. The van der Waals surface area contributed by atoms with Gasteiger partial charge in [0.25, 0.3) is 17.0 Å². The van der Waals surface area contributed by atoms with Crippen molar-refractivity contribution >= 4 is 23.6 Å². The van der Waals surface area contributed by atoms with Crippen LogP contribution in [0.3, 0.4) is 0 Å². The van der Waals surface area contributed by atoms with Crippen LogP contribution in [0.5, 0.6) is 11.5 Å². The molecule has 2 aromatic carbocycles. The summed E-state index contributed by atoms with van der Waals surface area (Å²) < 4.78 is 16.1. The molecule has 0 atom stereocenters. The molecule has 0 N–H and O–H groups in total. The summed E-state index contributed by atoms with van der Waals surface area (Å²) in [5, 5.41) is 8.25. The van der Waals surface area contributed by atoms with Crippen LogP contribution >= 0.6 is 11.8 Å². The van der Waals surface area contributed by atoms with Crippen molar-refractivity contribution in [2.45, 2.75) is 5.22 Å². The number of thioether (sulfide) groups is 1. The maximum absolute atomic E-state index is 12.4. The molecule has 1 aliphatic heterocycles. The van der Waals surface area contributed by atoms with E-state index >= 15 is 0 Å². The van der Waals surface area contributed by atoms with Gasteiger partial charge in [0, 0.05) is 11.6 Å². The fourth-order valence-electron chi connectivity index (χ4n) is 2.79. The number of imide groups is 1. The van der Waals surface area contributed by atoms with Crippen molar-refractivity contribution in [2.75, 3.05) is 20.1 Å². The molecule has 8 nitrogen and oxygen atoms in total. The van der Waals surface area contributed by atoms with Crippen LogP contribution < -0.4 is 9.47 Å². The minimum absolute atomic E-state index is 0.0788. The van der Waals surface area contributed by atoms with Gasteiger partial charge in [-0.2, -0.15) is 0 Å². The lowest BCUT2D eigenvalue weighted by molar-refractivity contribution is 0.0684. The van der Waals surface area contributed by atoms with Gasteiger partial charge in [0.1, 0.15) is 11.5 Å². The summed E-state index contributed by atoms with van der Waals surface area (Å²) in [5.74, 6) is 0.883. The highest BCUT2D eigenvalue weighted by molar-refractivity contribution is 7.99. The van der Waals surface area contributed by atoms with E-state index in [9.17, 15) is 9.59 Å². The molecule has 0 fully saturated rings. The first-order valence-corrected chi connectivity index (χ1v) is 9.24. The second-order valence-electron chi connectivity index (χ2n) is 5.83. The molecule has 0 aliphatic carbocycles. The van der Waals surface area contributed by atoms with Crippen LogP contribution in [-0.2, 0) is 0 Å². The highest BCUT2D eigenvalue weighted by Crippen LogP contribution is 2.31. The van der Waals surface area contributed by atoms with E-state index in [4.69, 9.17) is 13.9 Å². The van der Waals surface area contributed by atoms with Crippen LogP contribution in [0.1, 0.15) is 20.7 Å². The van der Waals surface area contributed by atoms with Crippen molar-refractivity contribution in [3.63, 3.8) is 0 Å². The first-order chi connectivity index (χ1) is 13.6. The van der Waals surface area contributed by atoms with Gasteiger partial charge in [-0.3, -0.25) is 14.5 Å². The smallest absolute Gasteiger partial charge is 0.278 e. The monoisotopic (exact) mass is 397 g/mol. The lowest BCUT2D eigenvalue weighted by Gasteiger charge is -2.11. The Bertz CT molecular complexity index is 1010. The van der Waals surface area contributed by atoms with Gasteiger partial charge in [-0.1, -0.05) is 12.1 Å². The molecule has 0 bridgehead atoms. The summed E-state index contributed by atoms with van der Waals surface area (Å²) in [7, 11) is 3.10. The van der Waals surface area contributed by atoms with E-state index in [1.165, 1.54) is 0 Å². The molecule has 9 heteroatoms. The molecule has 0 saturated heterocycles. The summed E-state index contributed by atoms with van der Waals surface area (Å²) in [6, 6.07) is 12.0. The van der Waals surface area contributed by atoms with Crippen molar-refractivity contribution in [3.8, 4) is 23.0 Å². The summed E-state index contributed by atoms with van der Waals surface area (Å²) in [5.41, 5.74) is 1.45. The lowest BCUT2D eigenvalue weighted by Crippen LogP contribution is -2.29. The van der Waals surface area contributed by atoms with E-state index in [2.05, 4.69) is 10.2 Å². The van der Waals surface area contributed by atoms with E-state index in [0.717, 1.165) is 16.7 Å². The third-order valence-electron chi connectivity index (χ3n) is 4.20. The molecule has 142 valence electrons. The number of nitrogens with zero attached hydrogens (tertiary/aromatic N) is 3. The summed E-state index contributed by atoms with van der Waals surface area (Å²) in [6.07, 6.45) is 0. The topological polar surface area (TPSA) is 94.8 Å². The molecule has 2 amide bonds. The van der Waals surface area contributed by atoms with E-state index in [1.54, 1.807) is 56.7 Å². The zero-order chi connectivity index (χ0) is 19.7. The van der Waals surface area contributed by atoms with Crippen LogP contribution in [0.2, 0.25) is 0 Å². The van der Waals surface area contributed by atoms with Gasteiger partial charge in [-0.25, -0.2) is 0 Å². The maximum Gasteiger partial charge on any atom is 0.278 e. The van der Waals surface area contributed by atoms with Gasteiger partial charge in [0.05, 0.1) is 31.2 Å². The van der Waals surface area contributed by atoms with Crippen molar-refractivity contribution < 1.29 is 23.5 Å². The zero-order valence-corrected chi connectivity index (χ0v) is 15.9. The zero-order valence-electron chi connectivity index (χ0n) is 15.0. The maximum atomic E-state index is 12.4. The third-order valence-corrected chi connectivity index (χ3v) is 5.00. The number of carbonyl (C=O) groups is 2. The molecule has 0 saturated carbocycles. The number of methoxy groups -OCH3 is 2. The number of rotatable bonds is 6. The molecular weight excluding hydrogens is 382 g/mol. The number of fused-ring (bicyclic) bond motifs is 1. The third kappa shape index (κ3) is 3.20. The molecule has 4 rings (SSSR count). The molecule has 2 heterocycles. The Labute approximate surface area is 164 Å². The molecule has 28 heavy (non-hydrogen) atoms. The van der Waals surface area contributed by atoms with Crippen molar-refractivity contribution in [2.24, 2.45) is 0 Å². The SMILES string of the molecule is COc1cc(OC)cc(-c2nnc(SCN3C(=O)c4ccccc4C3=O)o2)c1. The van der Waals surface area contributed by atoms with Crippen molar-refractivity contribution in [1.82, 2.24) is 15.1 Å². The molecule has 0 spiro atoms. The number of hydrogen-bond acceptors (Lipinski definition) is 8. The minimum Gasteiger partial charge on any atom is -0.497 e. The van der Waals surface area contributed by atoms with Gasteiger partial charge in [0.2, 0.25) is 5.89 Å². The molecule has 3 aromatic rings. The molecular formula is C19H15N3O5S. The summed E-state index contributed by atoms with van der Waals surface area (Å²) in [4.78, 5) is 25.9. The molecule has 0 unspecified atom stereocenters. The fourth-order valence-corrected chi connectivity index (χ4v) is 3.50. The lowest BCUT2D eigenvalue weighted by atomic mass is 10.1. The first kappa shape index (κ1) is 18.1. The summed E-state index contributed by atoms with van der Waals surface area (Å²) >= 11 is 1.11. The van der Waals surface area contributed by atoms with E-state index < -0.39 is 0 Å². The van der Waals surface area contributed by atoms with Crippen LogP contribution in [0, 0.1) is 0 Å². The molecule has 0 radical (unpaired) electrons. The second-order valence-corrected chi connectivity index (χ2v) is 6.73. The standard InChI is InChI=1S/C19H15N3O5S/c1-25-12-7-11(8-13(9-12)26-2)16-20-21-19(27-16)28-10-22-17(23)14-5-3-4-6-15(14)18(22)24/h3-9H,10H2,1-2H3. The quantitative estimate of drug-likeness (QED) is 0.463. The van der Waals surface area contributed by atoms with Crippen LogP contribution in [0.25, 0.3) is 11.5 Å². The Morgan fingerprint density at radius 2 is 1.57 bits per heavy atom. The van der Waals surface area contributed by atoms with Gasteiger partial charge in [-0.15, -0.1) is 10.2 Å². The van der Waals surface area contributed by atoms with Gasteiger partial charge >= 0.3 is 0 Å². The number of hydrogen-bond donors (Lipinski definition) is 0. The first-order valence-electron chi connectivity index (χ1n) is 8.25. The van der Waals surface area contributed by atoms with E-state index in [-0.39, 0.29) is 28.8 Å². The Kier molecular flexibility index (Phi) is 4.74. The van der Waals surface area contributed by atoms with Crippen LogP contribution in [0.4, 0.5) is 0 Å².